The third-order valence-electron chi connectivity index (χ3n) is 2.97. The molecule has 0 amide bonds. The normalized spacial score (nSPS) is 16.1. The van der Waals surface area contributed by atoms with Gasteiger partial charge < -0.3 is 9.84 Å². The van der Waals surface area contributed by atoms with Crippen LogP contribution in [-0.2, 0) is 16.4 Å². The highest BCUT2D eigenvalue weighted by Gasteiger charge is 2.16. The average molecular weight is 271 g/mol. The number of fused-ring (bicyclic) bond motifs is 1. The van der Waals surface area contributed by atoms with Crippen molar-refractivity contribution in [3.8, 4) is 5.75 Å². The number of benzene rings is 1. The molecule has 6 heteroatoms. The molecule has 0 aliphatic carbocycles. The quantitative estimate of drug-likeness (QED) is 0.822. The SMILES string of the molecule is CCS(=O)(=O)NCC(O)c1ccc2c(c1)CCO2. The van der Waals surface area contributed by atoms with Crippen LogP contribution in [0.1, 0.15) is 24.2 Å². The molecule has 0 fully saturated rings. The number of nitrogens with one attached hydrogen (secondary N) is 1. The second kappa shape index (κ2) is 5.26. The van der Waals surface area contributed by atoms with Gasteiger partial charge in [0.1, 0.15) is 5.75 Å². The fraction of sp³-hybridized carbons (Fsp3) is 0.500. The fourth-order valence-electron chi connectivity index (χ4n) is 1.84. The smallest absolute Gasteiger partial charge is 0.211 e. The maximum Gasteiger partial charge on any atom is 0.211 e. The Hall–Kier alpha value is -1.11. The molecule has 0 spiro atoms. The lowest BCUT2D eigenvalue weighted by molar-refractivity contribution is 0.182. The van der Waals surface area contributed by atoms with Gasteiger partial charge in [0, 0.05) is 13.0 Å². The Bertz CT molecular complexity index is 527. The number of hydrogen-bond donors (Lipinski definition) is 2. The molecule has 0 aromatic heterocycles. The van der Waals surface area contributed by atoms with E-state index in [9.17, 15) is 13.5 Å². The van der Waals surface area contributed by atoms with E-state index in [2.05, 4.69) is 4.72 Å². The van der Waals surface area contributed by atoms with Crippen molar-refractivity contribution in [1.82, 2.24) is 4.72 Å². The first-order valence-corrected chi connectivity index (χ1v) is 7.58. The molecule has 100 valence electrons. The number of sulfonamides is 1. The standard InChI is InChI=1S/C12H17NO4S/c1-2-18(15,16)13-8-11(14)9-3-4-12-10(7-9)5-6-17-12/h3-4,7,11,13-14H,2,5-6,8H2,1H3. The Morgan fingerprint density at radius 3 is 3.00 bits per heavy atom. The average Bonchev–Trinajstić information content (AvgIpc) is 2.83. The summed E-state index contributed by atoms with van der Waals surface area (Å²) in [6.07, 6.45) is -0.00596. The summed E-state index contributed by atoms with van der Waals surface area (Å²) in [6, 6.07) is 5.44. The van der Waals surface area contributed by atoms with Gasteiger partial charge in [0.15, 0.2) is 0 Å². The second-order valence-electron chi connectivity index (χ2n) is 4.23. The number of rotatable bonds is 5. The Labute approximate surface area is 107 Å². The van der Waals surface area contributed by atoms with Crippen molar-refractivity contribution in [2.24, 2.45) is 0 Å². The van der Waals surface area contributed by atoms with E-state index in [1.165, 1.54) is 0 Å². The van der Waals surface area contributed by atoms with Gasteiger partial charge in [0.25, 0.3) is 0 Å². The minimum absolute atomic E-state index is 0.00415. The largest absolute Gasteiger partial charge is 0.493 e. The van der Waals surface area contributed by atoms with Gasteiger partial charge in [-0.05, 0) is 30.2 Å². The van der Waals surface area contributed by atoms with Gasteiger partial charge in [-0.25, -0.2) is 13.1 Å². The number of aliphatic hydroxyl groups is 1. The van der Waals surface area contributed by atoms with Crippen LogP contribution in [0, 0.1) is 0 Å². The summed E-state index contributed by atoms with van der Waals surface area (Å²) in [5.41, 5.74) is 1.77. The lowest BCUT2D eigenvalue weighted by Gasteiger charge is -2.13. The van der Waals surface area contributed by atoms with Gasteiger partial charge in [-0.15, -0.1) is 0 Å². The highest BCUT2D eigenvalue weighted by molar-refractivity contribution is 7.89. The molecule has 1 heterocycles. The van der Waals surface area contributed by atoms with E-state index in [1.807, 2.05) is 12.1 Å². The van der Waals surface area contributed by atoms with Gasteiger partial charge in [-0.1, -0.05) is 6.07 Å². The van der Waals surface area contributed by atoms with E-state index in [0.717, 1.165) is 17.7 Å². The fourth-order valence-corrected chi connectivity index (χ4v) is 2.46. The van der Waals surface area contributed by atoms with Gasteiger partial charge in [0.2, 0.25) is 10.0 Å². The van der Waals surface area contributed by atoms with Crippen molar-refractivity contribution in [3.05, 3.63) is 29.3 Å². The van der Waals surface area contributed by atoms with Crippen molar-refractivity contribution < 1.29 is 18.3 Å². The molecule has 0 saturated heterocycles. The molecule has 1 unspecified atom stereocenters. The van der Waals surface area contributed by atoms with Crippen LogP contribution in [0.15, 0.2) is 18.2 Å². The zero-order valence-electron chi connectivity index (χ0n) is 10.2. The monoisotopic (exact) mass is 271 g/mol. The number of ether oxygens (including phenoxy) is 1. The van der Waals surface area contributed by atoms with Crippen molar-refractivity contribution in [2.45, 2.75) is 19.4 Å². The van der Waals surface area contributed by atoms with Crippen molar-refractivity contribution in [1.29, 1.82) is 0 Å². The van der Waals surface area contributed by atoms with E-state index >= 15 is 0 Å². The lowest BCUT2D eigenvalue weighted by atomic mass is 10.0. The Balaban J connectivity index is 2.03. The molecule has 0 radical (unpaired) electrons. The maximum absolute atomic E-state index is 11.3. The number of aliphatic hydroxyl groups excluding tert-OH is 1. The zero-order valence-corrected chi connectivity index (χ0v) is 11.0. The molecule has 2 rings (SSSR count). The van der Waals surface area contributed by atoms with Crippen LogP contribution < -0.4 is 9.46 Å². The van der Waals surface area contributed by atoms with Gasteiger partial charge in [-0.3, -0.25) is 0 Å². The molecule has 18 heavy (non-hydrogen) atoms. The molecule has 5 nitrogen and oxygen atoms in total. The molecule has 1 aromatic rings. The van der Waals surface area contributed by atoms with E-state index in [1.54, 1.807) is 13.0 Å². The minimum Gasteiger partial charge on any atom is -0.493 e. The van der Waals surface area contributed by atoms with Crippen LogP contribution in [-0.4, -0.2) is 32.4 Å². The van der Waals surface area contributed by atoms with Crippen LogP contribution in [0.3, 0.4) is 0 Å². The van der Waals surface area contributed by atoms with E-state index in [0.29, 0.717) is 12.2 Å². The maximum atomic E-state index is 11.3. The van der Waals surface area contributed by atoms with E-state index < -0.39 is 16.1 Å². The van der Waals surface area contributed by atoms with Crippen LogP contribution in [0.5, 0.6) is 5.75 Å². The zero-order chi connectivity index (χ0) is 13.2. The first-order chi connectivity index (χ1) is 8.52. The molecule has 1 aliphatic rings. The Morgan fingerprint density at radius 1 is 1.50 bits per heavy atom. The first-order valence-electron chi connectivity index (χ1n) is 5.93. The highest BCUT2D eigenvalue weighted by atomic mass is 32.2. The number of hydrogen-bond acceptors (Lipinski definition) is 4. The van der Waals surface area contributed by atoms with E-state index in [-0.39, 0.29) is 12.3 Å². The predicted molar refractivity (Wildman–Crippen MR) is 68.1 cm³/mol. The first kappa shape index (κ1) is 13.3. The van der Waals surface area contributed by atoms with Crippen LogP contribution in [0.4, 0.5) is 0 Å². The van der Waals surface area contributed by atoms with Gasteiger partial charge >= 0.3 is 0 Å². The molecule has 1 aliphatic heterocycles. The molecular formula is C12H17NO4S. The highest BCUT2D eigenvalue weighted by Crippen LogP contribution is 2.27. The lowest BCUT2D eigenvalue weighted by Crippen LogP contribution is -2.29. The summed E-state index contributed by atoms with van der Waals surface area (Å²) < 4.78 is 30.3. The third-order valence-corrected chi connectivity index (χ3v) is 4.34. The van der Waals surface area contributed by atoms with Crippen LogP contribution in [0.25, 0.3) is 0 Å². The van der Waals surface area contributed by atoms with Crippen LogP contribution >= 0.6 is 0 Å². The van der Waals surface area contributed by atoms with E-state index in [4.69, 9.17) is 4.74 Å². The predicted octanol–water partition coefficient (Wildman–Crippen LogP) is 0.594. The summed E-state index contributed by atoms with van der Waals surface area (Å²) in [5, 5.41) is 9.94. The topological polar surface area (TPSA) is 75.6 Å². The van der Waals surface area contributed by atoms with Gasteiger partial charge in [-0.2, -0.15) is 0 Å². The summed E-state index contributed by atoms with van der Waals surface area (Å²) in [6.45, 7) is 2.22. The Kier molecular flexibility index (Phi) is 3.89. The molecule has 1 aromatic carbocycles. The minimum atomic E-state index is -3.27. The summed E-state index contributed by atoms with van der Waals surface area (Å²) in [7, 11) is -3.27. The van der Waals surface area contributed by atoms with Crippen LogP contribution in [0.2, 0.25) is 0 Å². The molecule has 0 bridgehead atoms. The Morgan fingerprint density at radius 2 is 2.28 bits per heavy atom. The molecule has 1 atom stereocenters. The third kappa shape index (κ3) is 3.01. The van der Waals surface area contributed by atoms with Crippen molar-refractivity contribution >= 4 is 10.0 Å². The summed E-state index contributed by atoms with van der Waals surface area (Å²) in [5.74, 6) is 0.859. The summed E-state index contributed by atoms with van der Waals surface area (Å²) in [4.78, 5) is 0. The molecule has 2 N–H and O–H groups in total. The van der Waals surface area contributed by atoms with Crippen molar-refractivity contribution in [3.63, 3.8) is 0 Å². The van der Waals surface area contributed by atoms with Gasteiger partial charge in [0.05, 0.1) is 18.5 Å². The second-order valence-corrected chi connectivity index (χ2v) is 6.33. The summed E-state index contributed by atoms with van der Waals surface area (Å²) >= 11 is 0. The molecular weight excluding hydrogens is 254 g/mol. The van der Waals surface area contributed by atoms with Crippen molar-refractivity contribution in [2.75, 3.05) is 18.9 Å². The molecule has 0 saturated carbocycles.